The summed E-state index contributed by atoms with van der Waals surface area (Å²) in [6, 6.07) is 38.2. The summed E-state index contributed by atoms with van der Waals surface area (Å²) in [7, 11) is 0. The van der Waals surface area contributed by atoms with Crippen LogP contribution in [0.2, 0.25) is 0 Å². The summed E-state index contributed by atoms with van der Waals surface area (Å²) in [5.41, 5.74) is 4.40. The van der Waals surface area contributed by atoms with E-state index in [2.05, 4.69) is 45.9 Å². The SMILES string of the molecule is c1ccc(-c2nc(N3c4ccccc4Oc4ccccc43)nc(-n3c4ccccc4c4ccccc43)n2)nc1. The number of fused-ring (bicyclic) bond motifs is 5. The zero-order chi connectivity index (χ0) is 25.8. The van der Waals surface area contributed by atoms with Gasteiger partial charge in [-0.3, -0.25) is 14.5 Å². The Hall–Kier alpha value is -5.56. The summed E-state index contributed by atoms with van der Waals surface area (Å²) < 4.78 is 8.33. The molecule has 0 fully saturated rings. The van der Waals surface area contributed by atoms with Gasteiger partial charge in [-0.2, -0.15) is 15.0 Å². The summed E-state index contributed by atoms with van der Waals surface area (Å²) in [4.78, 5) is 21.6. The first-order valence-corrected chi connectivity index (χ1v) is 12.7. The lowest BCUT2D eigenvalue weighted by Crippen LogP contribution is -2.20. The molecule has 0 radical (unpaired) electrons. The van der Waals surface area contributed by atoms with Crippen LogP contribution in [0.1, 0.15) is 0 Å². The number of para-hydroxylation sites is 6. The van der Waals surface area contributed by atoms with Crippen molar-refractivity contribution >= 4 is 39.1 Å². The van der Waals surface area contributed by atoms with Crippen LogP contribution in [0.15, 0.2) is 121 Å². The lowest BCUT2D eigenvalue weighted by atomic mass is 10.2. The summed E-state index contributed by atoms with van der Waals surface area (Å²) in [5.74, 6) is 2.94. The van der Waals surface area contributed by atoms with Gasteiger partial charge in [-0.1, -0.05) is 66.7 Å². The second kappa shape index (κ2) is 8.49. The topological polar surface area (TPSA) is 69.0 Å². The normalized spacial score (nSPS) is 12.3. The van der Waals surface area contributed by atoms with Crippen molar-refractivity contribution < 1.29 is 4.74 Å². The molecule has 7 aromatic rings. The van der Waals surface area contributed by atoms with Gasteiger partial charge in [0.2, 0.25) is 11.9 Å². The number of anilines is 3. The molecular formula is C32H20N6O. The van der Waals surface area contributed by atoms with Gasteiger partial charge in [-0.05, 0) is 48.5 Å². The Balaban J connectivity index is 1.45. The highest BCUT2D eigenvalue weighted by Gasteiger charge is 2.29. The highest BCUT2D eigenvalue weighted by atomic mass is 16.5. The molecule has 1 aliphatic heterocycles. The highest BCUT2D eigenvalue weighted by Crippen LogP contribution is 2.49. The van der Waals surface area contributed by atoms with Gasteiger partial charge in [-0.15, -0.1) is 0 Å². The van der Waals surface area contributed by atoms with E-state index in [4.69, 9.17) is 19.7 Å². The largest absolute Gasteiger partial charge is 0.453 e. The summed E-state index contributed by atoms with van der Waals surface area (Å²) in [5, 5.41) is 2.27. The van der Waals surface area contributed by atoms with Crippen molar-refractivity contribution in [3.05, 3.63) is 121 Å². The minimum absolute atomic E-state index is 0.478. The maximum atomic E-state index is 6.23. The first kappa shape index (κ1) is 21.5. The molecule has 184 valence electrons. The van der Waals surface area contributed by atoms with Crippen molar-refractivity contribution in [3.8, 4) is 29.0 Å². The van der Waals surface area contributed by atoms with E-state index in [1.807, 2.05) is 83.8 Å². The van der Waals surface area contributed by atoms with E-state index in [0.717, 1.165) is 44.7 Å². The molecule has 0 bridgehead atoms. The molecule has 39 heavy (non-hydrogen) atoms. The van der Waals surface area contributed by atoms with Crippen molar-refractivity contribution in [3.63, 3.8) is 0 Å². The molecule has 0 atom stereocenters. The molecule has 0 saturated carbocycles. The van der Waals surface area contributed by atoms with E-state index in [9.17, 15) is 0 Å². The van der Waals surface area contributed by atoms with Crippen molar-refractivity contribution in [2.45, 2.75) is 0 Å². The van der Waals surface area contributed by atoms with Gasteiger partial charge in [0.15, 0.2) is 17.3 Å². The van der Waals surface area contributed by atoms with Crippen LogP contribution in [0.4, 0.5) is 17.3 Å². The standard InChI is InChI=1S/C32H20N6O/c1-3-14-24-21(11-1)22-12-2-4-15-25(22)37(24)31-34-30(23-13-9-10-20-33-23)35-32(36-31)38-26-16-5-7-18-28(26)39-29-19-8-6-17-27(29)38/h1-20H. The van der Waals surface area contributed by atoms with Crippen molar-refractivity contribution in [2.24, 2.45) is 0 Å². The molecule has 4 aromatic carbocycles. The molecule has 0 aliphatic carbocycles. The molecule has 0 saturated heterocycles. The zero-order valence-electron chi connectivity index (χ0n) is 20.6. The molecule has 0 spiro atoms. The van der Waals surface area contributed by atoms with E-state index in [1.54, 1.807) is 6.20 Å². The number of rotatable bonds is 3. The molecular weight excluding hydrogens is 484 g/mol. The predicted octanol–water partition coefficient (Wildman–Crippen LogP) is 7.61. The monoisotopic (exact) mass is 504 g/mol. The molecule has 0 amide bonds. The molecule has 1 aliphatic rings. The predicted molar refractivity (Wildman–Crippen MR) is 152 cm³/mol. The molecule has 0 unspecified atom stereocenters. The first-order chi connectivity index (χ1) is 19.3. The van der Waals surface area contributed by atoms with Gasteiger partial charge in [0.25, 0.3) is 0 Å². The third kappa shape index (κ3) is 3.37. The van der Waals surface area contributed by atoms with Crippen LogP contribution in [0.5, 0.6) is 11.5 Å². The van der Waals surface area contributed by atoms with Crippen molar-refractivity contribution in [2.75, 3.05) is 4.90 Å². The van der Waals surface area contributed by atoms with Crippen LogP contribution in [0.3, 0.4) is 0 Å². The Kier molecular flexibility index (Phi) is 4.69. The third-order valence-electron chi connectivity index (χ3n) is 6.92. The highest BCUT2D eigenvalue weighted by molar-refractivity contribution is 6.09. The first-order valence-electron chi connectivity index (χ1n) is 12.7. The van der Waals surface area contributed by atoms with Crippen LogP contribution < -0.4 is 9.64 Å². The van der Waals surface area contributed by atoms with E-state index >= 15 is 0 Å². The van der Waals surface area contributed by atoms with Crippen molar-refractivity contribution in [1.29, 1.82) is 0 Å². The van der Waals surface area contributed by atoms with E-state index in [-0.39, 0.29) is 0 Å². The number of pyridine rings is 1. The van der Waals surface area contributed by atoms with Gasteiger partial charge in [0.05, 0.1) is 22.4 Å². The Morgan fingerprint density at radius 2 is 1.08 bits per heavy atom. The lowest BCUT2D eigenvalue weighted by molar-refractivity contribution is 0.476. The smallest absolute Gasteiger partial charge is 0.240 e. The van der Waals surface area contributed by atoms with E-state index in [1.165, 1.54) is 0 Å². The summed E-state index contributed by atoms with van der Waals surface area (Å²) in [6.45, 7) is 0. The van der Waals surface area contributed by atoms with Crippen LogP contribution >= 0.6 is 0 Å². The second-order valence-corrected chi connectivity index (χ2v) is 9.22. The quantitative estimate of drug-likeness (QED) is 0.247. The molecule has 4 heterocycles. The minimum Gasteiger partial charge on any atom is -0.453 e. The maximum Gasteiger partial charge on any atom is 0.240 e. The van der Waals surface area contributed by atoms with E-state index < -0.39 is 0 Å². The number of nitrogens with zero attached hydrogens (tertiary/aromatic N) is 6. The lowest BCUT2D eigenvalue weighted by Gasteiger charge is -2.31. The van der Waals surface area contributed by atoms with Crippen LogP contribution in [-0.2, 0) is 0 Å². The van der Waals surface area contributed by atoms with Crippen LogP contribution in [0, 0.1) is 0 Å². The van der Waals surface area contributed by atoms with Gasteiger partial charge in [-0.25, -0.2) is 0 Å². The van der Waals surface area contributed by atoms with Gasteiger partial charge >= 0.3 is 0 Å². The van der Waals surface area contributed by atoms with Crippen LogP contribution in [-0.4, -0.2) is 24.5 Å². The van der Waals surface area contributed by atoms with Crippen LogP contribution in [0.25, 0.3) is 39.3 Å². The fourth-order valence-electron chi connectivity index (χ4n) is 5.22. The molecule has 0 N–H and O–H groups in total. The number of aromatic nitrogens is 5. The van der Waals surface area contributed by atoms with Crippen molar-refractivity contribution in [1.82, 2.24) is 24.5 Å². The van der Waals surface area contributed by atoms with Gasteiger partial charge in [0.1, 0.15) is 5.69 Å². The summed E-state index contributed by atoms with van der Waals surface area (Å²) >= 11 is 0. The average molecular weight is 505 g/mol. The minimum atomic E-state index is 0.478. The second-order valence-electron chi connectivity index (χ2n) is 9.22. The number of hydrogen-bond acceptors (Lipinski definition) is 6. The average Bonchev–Trinajstić information content (AvgIpc) is 3.34. The maximum absolute atomic E-state index is 6.23. The fourth-order valence-corrected chi connectivity index (χ4v) is 5.22. The Bertz CT molecular complexity index is 1920. The zero-order valence-corrected chi connectivity index (χ0v) is 20.6. The third-order valence-corrected chi connectivity index (χ3v) is 6.92. The number of hydrogen-bond donors (Lipinski definition) is 0. The Labute approximate surface area is 223 Å². The Morgan fingerprint density at radius 3 is 1.72 bits per heavy atom. The molecule has 3 aromatic heterocycles. The van der Waals surface area contributed by atoms with E-state index in [0.29, 0.717) is 23.4 Å². The summed E-state index contributed by atoms with van der Waals surface area (Å²) in [6.07, 6.45) is 1.75. The van der Waals surface area contributed by atoms with Gasteiger partial charge in [0, 0.05) is 17.0 Å². The van der Waals surface area contributed by atoms with Gasteiger partial charge < -0.3 is 4.74 Å². The molecule has 7 heteroatoms. The fraction of sp³-hybridized carbons (Fsp3) is 0. The molecule has 7 nitrogen and oxygen atoms in total. The number of ether oxygens (including phenoxy) is 1. The Morgan fingerprint density at radius 1 is 0.513 bits per heavy atom. The number of benzene rings is 4. The molecule has 8 rings (SSSR count).